The Balaban J connectivity index is 1.98. The van der Waals surface area contributed by atoms with Crippen molar-refractivity contribution in [3.05, 3.63) is 46.8 Å². The summed E-state index contributed by atoms with van der Waals surface area (Å²) in [5.41, 5.74) is 2.00. The Morgan fingerprint density at radius 3 is 2.64 bits per heavy atom. The minimum Gasteiger partial charge on any atom is -0.488 e. The summed E-state index contributed by atoms with van der Waals surface area (Å²) in [7, 11) is -3.03. The van der Waals surface area contributed by atoms with Crippen molar-refractivity contribution in [2.75, 3.05) is 18.6 Å². The fourth-order valence-electron chi connectivity index (χ4n) is 2.27. The molecule has 1 amide bonds. The molecular weight excluding hydrogens is 344 g/mol. The minimum absolute atomic E-state index is 0.0392. The Kier molecular flexibility index (Phi) is 6.19. The van der Waals surface area contributed by atoms with Crippen LogP contribution in [0.4, 0.5) is 0 Å². The molecule has 0 atom stereocenters. The molecule has 0 saturated carbocycles. The molecule has 136 valence electrons. The van der Waals surface area contributed by atoms with Crippen molar-refractivity contribution < 1.29 is 22.5 Å². The number of ether oxygens (including phenoxy) is 1. The van der Waals surface area contributed by atoms with E-state index in [4.69, 9.17) is 9.26 Å². The van der Waals surface area contributed by atoms with Crippen LogP contribution in [0, 0.1) is 13.8 Å². The van der Waals surface area contributed by atoms with Gasteiger partial charge in [0, 0.05) is 12.8 Å². The fourth-order valence-corrected chi connectivity index (χ4v) is 2.94. The van der Waals surface area contributed by atoms with E-state index < -0.39 is 9.84 Å². The molecule has 2 aromatic rings. The molecule has 1 aromatic carbocycles. The molecule has 0 spiro atoms. The van der Waals surface area contributed by atoms with E-state index in [0.29, 0.717) is 23.5 Å². The van der Waals surface area contributed by atoms with E-state index in [9.17, 15) is 13.2 Å². The van der Waals surface area contributed by atoms with E-state index in [-0.39, 0.29) is 24.8 Å². The molecule has 8 heteroatoms. The lowest BCUT2D eigenvalue weighted by atomic mass is 10.2. The van der Waals surface area contributed by atoms with Gasteiger partial charge in [-0.05, 0) is 32.4 Å². The maximum Gasteiger partial charge on any atom is 0.255 e. The van der Waals surface area contributed by atoms with E-state index in [2.05, 4.69) is 10.5 Å². The maximum atomic E-state index is 12.3. The molecule has 0 saturated heterocycles. The highest BCUT2D eigenvalue weighted by Gasteiger charge is 2.14. The second-order valence-corrected chi connectivity index (χ2v) is 8.09. The van der Waals surface area contributed by atoms with Crippen LogP contribution in [0.3, 0.4) is 0 Å². The third kappa shape index (κ3) is 5.60. The van der Waals surface area contributed by atoms with Gasteiger partial charge in [-0.1, -0.05) is 17.3 Å². The first-order chi connectivity index (χ1) is 11.8. The highest BCUT2D eigenvalue weighted by atomic mass is 32.2. The molecule has 0 unspecified atom stereocenters. The molecule has 2 rings (SSSR count). The fraction of sp³-hybridized carbons (Fsp3) is 0.412. The standard InChI is InChI=1S/C17H22N2O5S/c1-12-15(13(2)24-19-12)11-23-16-8-5-4-7-14(16)17(20)18-9-6-10-25(3,21)22/h4-5,7-8H,6,9-11H2,1-3H3,(H,18,20). The molecular formula is C17H22N2O5S. The Hall–Kier alpha value is -2.35. The first-order valence-corrected chi connectivity index (χ1v) is 9.93. The minimum atomic E-state index is -3.03. The van der Waals surface area contributed by atoms with Crippen molar-refractivity contribution in [1.82, 2.24) is 10.5 Å². The monoisotopic (exact) mass is 366 g/mol. The SMILES string of the molecule is Cc1noc(C)c1COc1ccccc1C(=O)NCCCS(C)(=O)=O. The summed E-state index contributed by atoms with van der Waals surface area (Å²) >= 11 is 0. The lowest BCUT2D eigenvalue weighted by Crippen LogP contribution is -2.26. The van der Waals surface area contributed by atoms with Crippen LogP contribution in [-0.2, 0) is 16.4 Å². The van der Waals surface area contributed by atoms with Crippen LogP contribution in [0.5, 0.6) is 5.75 Å². The van der Waals surface area contributed by atoms with Crippen molar-refractivity contribution in [2.24, 2.45) is 0 Å². The van der Waals surface area contributed by atoms with E-state index in [0.717, 1.165) is 11.3 Å². The van der Waals surface area contributed by atoms with Crippen molar-refractivity contribution >= 4 is 15.7 Å². The number of aryl methyl sites for hydroxylation is 2. The van der Waals surface area contributed by atoms with E-state index in [1.807, 2.05) is 6.92 Å². The van der Waals surface area contributed by atoms with Crippen molar-refractivity contribution in [3.63, 3.8) is 0 Å². The number of amides is 1. The van der Waals surface area contributed by atoms with E-state index >= 15 is 0 Å². The smallest absolute Gasteiger partial charge is 0.255 e. The van der Waals surface area contributed by atoms with Crippen LogP contribution in [-0.4, -0.2) is 38.0 Å². The molecule has 0 aliphatic carbocycles. The van der Waals surface area contributed by atoms with Crippen LogP contribution in [0.15, 0.2) is 28.8 Å². The quantitative estimate of drug-likeness (QED) is 0.718. The van der Waals surface area contributed by atoms with Crippen LogP contribution in [0.2, 0.25) is 0 Å². The largest absolute Gasteiger partial charge is 0.488 e. The predicted molar refractivity (Wildman–Crippen MR) is 93.4 cm³/mol. The normalized spacial score (nSPS) is 11.3. The Morgan fingerprint density at radius 2 is 2.00 bits per heavy atom. The Labute approximate surface area is 147 Å². The summed E-state index contributed by atoms with van der Waals surface area (Å²) < 4.78 is 33.1. The highest BCUT2D eigenvalue weighted by Crippen LogP contribution is 2.21. The summed E-state index contributed by atoms with van der Waals surface area (Å²) in [6, 6.07) is 6.90. The predicted octanol–water partition coefficient (Wildman–Crippen LogP) is 2.03. The summed E-state index contributed by atoms with van der Waals surface area (Å²) in [5.74, 6) is 0.864. The van der Waals surface area contributed by atoms with E-state index in [1.165, 1.54) is 6.26 Å². The van der Waals surface area contributed by atoms with Gasteiger partial charge in [0.05, 0.1) is 22.6 Å². The number of nitrogens with zero attached hydrogens (tertiary/aromatic N) is 1. The van der Waals surface area contributed by atoms with Crippen LogP contribution in [0.25, 0.3) is 0 Å². The lowest BCUT2D eigenvalue weighted by Gasteiger charge is -2.11. The van der Waals surface area contributed by atoms with Gasteiger partial charge in [-0.2, -0.15) is 0 Å². The molecule has 7 nitrogen and oxygen atoms in total. The molecule has 0 radical (unpaired) electrons. The van der Waals surface area contributed by atoms with Crippen LogP contribution >= 0.6 is 0 Å². The number of rotatable bonds is 8. The zero-order valence-corrected chi connectivity index (χ0v) is 15.4. The zero-order chi connectivity index (χ0) is 18.4. The van der Waals surface area contributed by atoms with Gasteiger partial charge in [0.15, 0.2) is 0 Å². The molecule has 25 heavy (non-hydrogen) atoms. The number of hydrogen-bond donors (Lipinski definition) is 1. The van der Waals surface area contributed by atoms with Crippen molar-refractivity contribution in [2.45, 2.75) is 26.9 Å². The first-order valence-electron chi connectivity index (χ1n) is 7.87. The Morgan fingerprint density at radius 1 is 1.28 bits per heavy atom. The average molecular weight is 366 g/mol. The number of hydrogen-bond acceptors (Lipinski definition) is 6. The van der Waals surface area contributed by atoms with Crippen LogP contribution < -0.4 is 10.1 Å². The second-order valence-electron chi connectivity index (χ2n) is 5.83. The van der Waals surface area contributed by atoms with Gasteiger partial charge >= 0.3 is 0 Å². The summed E-state index contributed by atoms with van der Waals surface area (Å²) in [6.45, 7) is 4.16. The molecule has 0 bridgehead atoms. The van der Waals surface area contributed by atoms with Gasteiger partial charge in [-0.15, -0.1) is 0 Å². The molecule has 1 N–H and O–H groups in total. The zero-order valence-electron chi connectivity index (χ0n) is 14.5. The summed E-state index contributed by atoms with van der Waals surface area (Å²) in [4.78, 5) is 12.3. The number of nitrogens with one attached hydrogen (secondary N) is 1. The van der Waals surface area contributed by atoms with E-state index in [1.54, 1.807) is 31.2 Å². The van der Waals surface area contributed by atoms with Gasteiger partial charge < -0.3 is 14.6 Å². The van der Waals surface area contributed by atoms with Gasteiger partial charge in [-0.25, -0.2) is 8.42 Å². The number of carbonyl (C=O) groups excluding carboxylic acids is 1. The van der Waals surface area contributed by atoms with Gasteiger partial charge in [0.2, 0.25) is 0 Å². The lowest BCUT2D eigenvalue weighted by molar-refractivity contribution is 0.0949. The Bertz CT molecular complexity index is 823. The number of carbonyl (C=O) groups is 1. The topological polar surface area (TPSA) is 98.5 Å². The molecule has 0 aliphatic rings. The molecule has 0 fully saturated rings. The third-order valence-corrected chi connectivity index (χ3v) is 4.69. The first kappa shape index (κ1) is 19.0. The highest BCUT2D eigenvalue weighted by molar-refractivity contribution is 7.90. The van der Waals surface area contributed by atoms with Gasteiger partial charge in [0.25, 0.3) is 5.91 Å². The van der Waals surface area contributed by atoms with Crippen molar-refractivity contribution in [1.29, 1.82) is 0 Å². The van der Waals surface area contributed by atoms with Crippen molar-refractivity contribution in [3.8, 4) is 5.75 Å². The average Bonchev–Trinajstić information content (AvgIpc) is 2.87. The number of benzene rings is 1. The number of para-hydroxylation sites is 1. The molecule has 1 heterocycles. The second kappa shape index (κ2) is 8.15. The van der Waals surface area contributed by atoms with Gasteiger partial charge in [0.1, 0.15) is 28.0 Å². The third-order valence-electron chi connectivity index (χ3n) is 3.66. The molecule has 1 aromatic heterocycles. The summed E-state index contributed by atoms with van der Waals surface area (Å²) in [5, 5.41) is 6.59. The number of sulfone groups is 1. The summed E-state index contributed by atoms with van der Waals surface area (Å²) in [6.07, 6.45) is 1.54. The van der Waals surface area contributed by atoms with Crippen LogP contribution in [0.1, 0.15) is 33.8 Å². The molecule has 0 aliphatic heterocycles. The van der Waals surface area contributed by atoms with Gasteiger partial charge in [-0.3, -0.25) is 4.79 Å². The maximum absolute atomic E-state index is 12.3. The number of aromatic nitrogens is 1.